The lowest BCUT2D eigenvalue weighted by molar-refractivity contribution is 0.343. The lowest BCUT2D eigenvalue weighted by Gasteiger charge is -2.18. The minimum Gasteiger partial charge on any atom is -0.324 e. The van der Waals surface area contributed by atoms with Crippen LogP contribution in [-0.4, -0.2) is 36.5 Å². The zero-order chi connectivity index (χ0) is 17.1. The monoisotopic (exact) mass is 376 g/mol. The van der Waals surface area contributed by atoms with Crippen LogP contribution in [-0.2, 0) is 9.13 Å². The van der Waals surface area contributed by atoms with E-state index >= 15 is 0 Å². The first kappa shape index (κ1) is 22.6. The summed E-state index contributed by atoms with van der Waals surface area (Å²) in [5, 5.41) is -1.87. The Bertz CT molecular complexity index is 346. The summed E-state index contributed by atoms with van der Waals surface area (Å²) in [6.07, 6.45) is 10.7. The normalized spacial score (nSPS) is 13.0. The average molecular weight is 376 g/mol. The van der Waals surface area contributed by atoms with Gasteiger partial charge in [-0.15, -0.1) is 0 Å². The van der Waals surface area contributed by atoms with Crippen molar-refractivity contribution in [2.45, 2.75) is 70.1 Å². The van der Waals surface area contributed by atoms with Gasteiger partial charge in [-0.1, -0.05) is 58.3 Å². The highest BCUT2D eigenvalue weighted by atomic mass is 32.2. The molecule has 0 rings (SSSR count). The average Bonchev–Trinajstić information content (AvgIpc) is 2.37. The molecule has 0 aliphatic carbocycles. The Labute approximate surface area is 137 Å². The fraction of sp³-hybridized carbons (Fsp3) is 1.00. The molecule has 0 fully saturated rings. The van der Waals surface area contributed by atoms with Crippen molar-refractivity contribution in [3.8, 4) is 0 Å². The van der Waals surface area contributed by atoms with Gasteiger partial charge >= 0.3 is 15.2 Å². The maximum Gasteiger partial charge on any atom is 0.341 e. The van der Waals surface area contributed by atoms with E-state index in [0.29, 0.717) is 5.75 Å². The van der Waals surface area contributed by atoms with Crippen molar-refractivity contribution in [3.05, 3.63) is 0 Å². The molecule has 0 aromatic rings. The minimum atomic E-state index is -4.76. The summed E-state index contributed by atoms with van der Waals surface area (Å²) in [5.41, 5.74) is 0. The van der Waals surface area contributed by atoms with Crippen LogP contribution in [0, 0.1) is 0 Å². The van der Waals surface area contributed by atoms with Crippen molar-refractivity contribution in [2.24, 2.45) is 0 Å². The third-order valence-corrected chi connectivity index (χ3v) is 8.80. The zero-order valence-corrected chi connectivity index (χ0v) is 15.9. The molecule has 0 spiro atoms. The van der Waals surface area contributed by atoms with Crippen LogP contribution in [0.25, 0.3) is 0 Å². The van der Waals surface area contributed by atoms with E-state index in [9.17, 15) is 9.13 Å². The van der Waals surface area contributed by atoms with Crippen LogP contribution in [0.15, 0.2) is 0 Å². The highest BCUT2D eigenvalue weighted by Gasteiger charge is 2.42. The predicted octanol–water partition coefficient (Wildman–Crippen LogP) is 3.93. The van der Waals surface area contributed by atoms with Gasteiger partial charge in [-0.05, 0) is 12.2 Å². The molecular formula is C13H30O6P2S. The van der Waals surface area contributed by atoms with Crippen molar-refractivity contribution in [2.75, 3.05) is 11.5 Å². The smallest absolute Gasteiger partial charge is 0.324 e. The lowest BCUT2D eigenvalue weighted by Crippen LogP contribution is -2.12. The molecule has 0 amide bonds. The summed E-state index contributed by atoms with van der Waals surface area (Å²) in [5.74, 6) is 0.470. The van der Waals surface area contributed by atoms with E-state index in [1.807, 2.05) is 0 Å². The van der Waals surface area contributed by atoms with Crippen LogP contribution >= 0.6 is 27.0 Å². The molecule has 6 nitrogen and oxygen atoms in total. The van der Waals surface area contributed by atoms with Crippen molar-refractivity contribution < 1.29 is 28.7 Å². The second-order valence-corrected chi connectivity index (χ2v) is 10.7. The number of thioether (sulfide) groups is 1. The van der Waals surface area contributed by atoms with E-state index in [1.54, 1.807) is 0 Å². The Morgan fingerprint density at radius 1 is 0.773 bits per heavy atom. The first-order valence-corrected chi connectivity index (χ1v) is 12.4. The highest BCUT2D eigenvalue weighted by molar-refractivity contribution is 8.00. The molecule has 0 aromatic carbocycles. The van der Waals surface area contributed by atoms with Gasteiger partial charge in [0.2, 0.25) is 0 Å². The van der Waals surface area contributed by atoms with E-state index in [-0.39, 0.29) is 5.75 Å². The van der Waals surface area contributed by atoms with E-state index in [0.717, 1.165) is 19.3 Å². The lowest BCUT2D eigenvalue weighted by atomic mass is 10.1. The van der Waals surface area contributed by atoms with Gasteiger partial charge in [0.1, 0.15) is 0 Å². The first-order valence-electron chi connectivity index (χ1n) is 7.87. The summed E-state index contributed by atoms with van der Waals surface area (Å²) in [6.45, 7) is 2.20. The molecule has 0 bridgehead atoms. The quantitative estimate of drug-likeness (QED) is 0.268. The molecule has 9 heteroatoms. The molecule has 0 saturated heterocycles. The maximum absolute atomic E-state index is 11.1. The highest BCUT2D eigenvalue weighted by Crippen LogP contribution is 2.60. The Morgan fingerprint density at radius 3 is 1.59 bits per heavy atom. The molecular weight excluding hydrogens is 346 g/mol. The molecule has 0 saturated carbocycles. The summed E-state index contributed by atoms with van der Waals surface area (Å²) in [4.78, 5) is 35.9. The molecule has 4 N–H and O–H groups in total. The largest absolute Gasteiger partial charge is 0.341 e. The van der Waals surface area contributed by atoms with Crippen LogP contribution in [0.2, 0.25) is 0 Å². The van der Waals surface area contributed by atoms with Crippen LogP contribution < -0.4 is 0 Å². The van der Waals surface area contributed by atoms with Crippen LogP contribution in [0.3, 0.4) is 0 Å². The molecule has 0 atom stereocenters. The molecule has 0 aromatic heterocycles. The third-order valence-electron chi connectivity index (χ3n) is 3.44. The van der Waals surface area contributed by atoms with E-state index < -0.39 is 20.6 Å². The predicted molar refractivity (Wildman–Crippen MR) is 92.4 cm³/mol. The molecule has 0 unspecified atom stereocenters. The summed E-state index contributed by atoms with van der Waals surface area (Å²) >= 11 is 1.21. The number of rotatable bonds is 14. The Hall–Kier alpha value is 0.650. The van der Waals surface area contributed by atoms with E-state index in [4.69, 9.17) is 19.6 Å². The van der Waals surface area contributed by atoms with Gasteiger partial charge < -0.3 is 19.6 Å². The topological polar surface area (TPSA) is 115 Å². The molecule has 0 aliphatic rings. The van der Waals surface area contributed by atoms with Crippen molar-refractivity contribution >= 4 is 27.0 Å². The second-order valence-electron chi connectivity index (χ2n) is 5.56. The number of hydrogen-bond donors (Lipinski definition) is 4. The van der Waals surface area contributed by atoms with Crippen LogP contribution in [0.1, 0.15) is 64.7 Å². The second kappa shape index (κ2) is 12.1. The Balaban J connectivity index is 3.63. The SMILES string of the molecule is CCCCCCCCCCCSCC(P(=O)(O)O)P(=O)(O)O. The molecule has 134 valence electrons. The molecule has 0 heterocycles. The fourth-order valence-electron chi connectivity index (χ4n) is 2.09. The van der Waals surface area contributed by atoms with Crippen molar-refractivity contribution in [1.29, 1.82) is 0 Å². The Kier molecular flexibility index (Phi) is 12.4. The maximum atomic E-state index is 11.1. The standard InChI is InChI=1S/C13H30O6P2S/c1-2-3-4-5-6-7-8-9-10-11-22-12-13(20(14,15)16)21(17,18)19/h13H,2-12H2,1H3,(H2,14,15,16)(H2,17,18,19). The van der Waals surface area contributed by atoms with Gasteiger partial charge in [-0.3, -0.25) is 9.13 Å². The van der Waals surface area contributed by atoms with Gasteiger partial charge in [0.15, 0.2) is 5.40 Å². The Morgan fingerprint density at radius 2 is 1.18 bits per heavy atom. The van der Waals surface area contributed by atoms with Gasteiger partial charge in [0.25, 0.3) is 0 Å². The summed E-state index contributed by atoms with van der Waals surface area (Å²) < 4.78 is 22.2. The zero-order valence-electron chi connectivity index (χ0n) is 13.3. The van der Waals surface area contributed by atoms with E-state index in [2.05, 4.69) is 6.92 Å². The molecule has 0 radical (unpaired) electrons. The third kappa shape index (κ3) is 12.1. The molecule has 0 aliphatic heterocycles. The minimum absolute atomic E-state index is 0.203. The van der Waals surface area contributed by atoms with Gasteiger partial charge in [0.05, 0.1) is 0 Å². The summed E-state index contributed by atoms with van der Waals surface area (Å²) in [7, 11) is -9.52. The van der Waals surface area contributed by atoms with Gasteiger partial charge in [-0.25, -0.2) is 0 Å². The van der Waals surface area contributed by atoms with Crippen LogP contribution in [0.4, 0.5) is 0 Å². The van der Waals surface area contributed by atoms with E-state index in [1.165, 1.54) is 50.3 Å². The number of hydrogen-bond acceptors (Lipinski definition) is 3. The van der Waals surface area contributed by atoms with Crippen LogP contribution in [0.5, 0.6) is 0 Å². The number of unbranched alkanes of at least 4 members (excludes halogenated alkanes) is 8. The fourth-order valence-corrected chi connectivity index (χ4v) is 6.63. The van der Waals surface area contributed by atoms with Gasteiger partial charge in [-0.2, -0.15) is 11.8 Å². The molecule has 22 heavy (non-hydrogen) atoms. The summed E-state index contributed by atoms with van der Waals surface area (Å²) in [6, 6.07) is 0. The van der Waals surface area contributed by atoms with Crippen molar-refractivity contribution in [3.63, 3.8) is 0 Å². The van der Waals surface area contributed by atoms with Crippen molar-refractivity contribution in [1.82, 2.24) is 0 Å². The first-order chi connectivity index (χ1) is 10.2. The van der Waals surface area contributed by atoms with Gasteiger partial charge in [0, 0.05) is 5.75 Å².